The third-order valence-electron chi connectivity index (χ3n) is 3.50. The van der Waals surface area contributed by atoms with Crippen molar-refractivity contribution in [3.8, 4) is 0 Å². The van der Waals surface area contributed by atoms with Crippen LogP contribution in [0.2, 0.25) is 17.7 Å². The molecule has 0 rings (SSSR count). The van der Waals surface area contributed by atoms with Gasteiger partial charge in [-0.1, -0.05) is 0 Å². The van der Waals surface area contributed by atoms with Crippen LogP contribution in [0.15, 0.2) is 0 Å². The van der Waals surface area contributed by atoms with Crippen LogP contribution in [0, 0.1) is 5.92 Å². The van der Waals surface area contributed by atoms with E-state index in [0.717, 1.165) is 5.92 Å². The first-order valence-corrected chi connectivity index (χ1v) is 13.7. The Hall–Kier alpha value is 0.799. The molecule has 0 aliphatic heterocycles. The van der Waals surface area contributed by atoms with Crippen LogP contribution in [0.25, 0.3) is 0 Å². The Morgan fingerprint density at radius 1 is 0.917 bits per heavy atom. The monoisotopic (exact) mass is 278 g/mol. The van der Waals surface area contributed by atoms with Gasteiger partial charge < -0.3 is 0 Å². The summed E-state index contributed by atoms with van der Waals surface area (Å²) >= 11 is -1.52. The molecule has 0 aliphatic rings. The normalized spacial score (nSPS) is 12.5. The van der Waals surface area contributed by atoms with E-state index in [1.807, 2.05) is 0 Å². The first kappa shape index (κ1) is 12.8. The Kier molecular flexibility index (Phi) is 6.70. The molecule has 0 bridgehead atoms. The fraction of sp³-hybridized carbons (Fsp3) is 1.00. The molecule has 0 fully saturated rings. The summed E-state index contributed by atoms with van der Waals surface area (Å²) in [5.74, 6) is 0.922. The fourth-order valence-corrected chi connectivity index (χ4v) is 12.6. The molecule has 0 saturated carbocycles. The Labute approximate surface area is 83.0 Å². The molecule has 0 nitrogen and oxygen atoms in total. The van der Waals surface area contributed by atoms with Crippen molar-refractivity contribution >= 4 is 18.4 Å². The average molecular weight is 277 g/mol. The number of hydrogen-bond acceptors (Lipinski definition) is 0. The molecular weight excluding hydrogens is 251 g/mol. The van der Waals surface area contributed by atoms with E-state index in [0.29, 0.717) is 0 Å². The van der Waals surface area contributed by atoms with E-state index in [-0.39, 0.29) is 0 Å². The molecule has 0 atom stereocenters. The summed E-state index contributed by atoms with van der Waals surface area (Å²) < 4.78 is 6.33. The molecule has 0 N–H and O–H groups in total. The molecule has 0 unspecified atom stereocenters. The van der Waals surface area contributed by atoms with Gasteiger partial charge in [0.05, 0.1) is 0 Å². The van der Waals surface area contributed by atoms with Gasteiger partial charge in [-0.15, -0.1) is 0 Å². The van der Waals surface area contributed by atoms with Gasteiger partial charge in [0.25, 0.3) is 0 Å². The molecule has 1 heteroatoms. The minimum atomic E-state index is -1.52. The second-order valence-corrected chi connectivity index (χ2v) is 20.5. The van der Waals surface area contributed by atoms with E-state index in [2.05, 4.69) is 34.6 Å². The van der Waals surface area contributed by atoms with Gasteiger partial charge in [0.1, 0.15) is 0 Å². The van der Waals surface area contributed by atoms with Crippen LogP contribution in [-0.4, -0.2) is 18.4 Å². The summed E-state index contributed by atoms with van der Waals surface area (Å²) in [7, 11) is 0. The second-order valence-electron chi connectivity index (χ2n) is 4.49. The molecule has 74 valence electrons. The van der Waals surface area contributed by atoms with Crippen LogP contribution < -0.4 is 0 Å². The van der Waals surface area contributed by atoms with Gasteiger partial charge in [-0.05, 0) is 0 Å². The molecular formula is C11H26Sn. The van der Waals surface area contributed by atoms with Crippen LogP contribution in [0.3, 0.4) is 0 Å². The Morgan fingerprint density at radius 3 is 1.58 bits per heavy atom. The summed E-state index contributed by atoms with van der Waals surface area (Å²) in [4.78, 5) is 0. The first-order chi connectivity index (χ1) is 5.60. The van der Waals surface area contributed by atoms with Gasteiger partial charge in [0.2, 0.25) is 0 Å². The van der Waals surface area contributed by atoms with Crippen LogP contribution >= 0.6 is 0 Å². The topological polar surface area (TPSA) is 0 Å². The zero-order chi connectivity index (χ0) is 9.61. The molecule has 0 radical (unpaired) electrons. The van der Waals surface area contributed by atoms with E-state index in [9.17, 15) is 0 Å². The van der Waals surface area contributed by atoms with E-state index >= 15 is 0 Å². The SMILES string of the molecule is C[CH2][Sn]([CH2]C)([CH2]C)[CH2]CC(C)C. The standard InChI is InChI=1S/C5H11.3C2H5.Sn/c1-4-5(2)3;3*1-2;/h5H,1,4H2,2-3H3;3*1H2,2H3;. The second kappa shape index (κ2) is 6.28. The molecule has 0 aromatic heterocycles. The van der Waals surface area contributed by atoms with E-state index in [1.165, 1.54) is 6.42 Å². The van der Waals surface area contributed by atoms with Gasteiger partial charge in [-0.2, -0.15) is 0 Å². The van der Waals surface area contributed by atoms with E-state index < -0.39 is 18.4 Å². The molecule has 0 saturated heterocycles. The molecule has 0 aromatic carbocycles. The first-order valence-electron chi connectivity index (χ1n) is 5.60. The van der Waals surface area contributed by atoms with Crippen LogP contribution in [0.1, 0.15) is 41.0 Å². The summed E-state index contributed by atoms with van der Waals surface area (Å²) in [6.07, 6.45) is 1.49. The number of hydrogen-bond donors (Lipinski definition) is 0. The molecule has 0 heterocycles. The Bertz CT molecular complexity index is 95.3. The van der Waals surface area contributed by atoms with Gasteiger partial charge >= 0.3 is 83.1 Å². The molecule has 12 heavy (non-hydrogen) atoms. The maximum atomic E-state index is 2.43. The third kappa shape index (κ3) is 4.15. The van der Waals surface area contributed by atoms with Crippen LogP contribution in [0.5, 0.6) is 0 Å². The molecule has 0 amide bonds. The van der Waals surface area contributed by atoms with Gasteiger partial charge in [0, 0.05) is 0 Å². The predicted molar refractivity (Wildman–Crippen MR) is 61.5 cm³/mol. The molecule has 0 aromatic rings. The average Bonchev–Trinajstić information content (AvgIpc) is 2.08. The van der Waals surface area contributed by atoms with Crippen molar-refractivity contribution in [3.05, 3.63) is 0 Å². The fourth-order valence-electron chi connectivity index (χ4n) is 1.88. The number of rotatable bonds is 6. The van der Waals surface area contributed by atoms with E-state index in [1.54, 1.807) is 17.7 Å². The summed E-state index contributed by atoms with van der Waals surface area (Å²) in [5.41, 5.74) is 0. The molecule has 0 aliphatic carbocycles. The van der Waals surface area contributed by atoms with Crippen LogP contribution in [0.4, 0.5) is 0 Å². The Morgan fingerprint density at radius 2 is 1.33 bits per heavy atom. The predicted octanol–water partition coefficient (Wildman–Crippen LogP) is 4.54. The van der Waals surface area contributed by atoms with Crippen molar-refractivity contribution < 1.29 is 0 Å². The molecule has 0 spiro atoms. The van der Waals surface area contributed by atoms with Crippen molar-refractivity contribution in [3.63, 3.8) is 0 Å². The van der Waals surface area contributed by atoms with Crippen molar-refractivity contribution in [2.75, 3.05) is 0 Å². The van der Waals surface area contributed by atoms with Crippen molar-refractivity contribution in [1.82, 2.24) is 0 Å². The minimum absolute atomic E-state index is 0.922. The summed E-state index contributed by atoms with van der Waals surface area (Å²) in [5, 5.41) is 0. The summed E-state index contributed by atoms with van der Waals surface area (Å²) in [6.45, 7) is 12.0. The quantitative estimate of drug-likeness (QED) is 0.625. The summed E-state index contributed by atoms with van der Waals surface area (Å²) in [6, 6.07) is 0. The van der Waals surface area contributed by atoms with Gasteiger partial charge in [0.15, 0.2) is 0 Å². The van der Waals surface area contributed by atoms with E-state index in [4.69, 9.17) is 0 Å². The van der Waals surface area contributed by atoms with Gasteiger partial charge in [-0.25, -0.2) is 0 Å². The van der Waals surface area contributed by atoms with Crippen molar-refractivity contribution in [1.29, 1.82) is 0 Å². The van der Waals surface area contributed by atoms with Crippen LogP contribution in [-0.2, 0) is 0 Å². The zero-order valence-corrected chi connectivity index (χ0v) is 12.5. The third-order valence-corrected chi connectivity index (χ3v) is 20.2. The maximum absolute atomic E-state index is 2.43. The Balaban J connectivity index is 3.93. The van der Waals surface area contributed by atoms with Crippen molar-refractivity contribution in [2.24, 2.45) is 5.92 Å². The zero-order valence-electron chi connectivity index (χ0n) is 9.61. The van der Waals surface area contributed by atoms with Gasteiger partial charge in [-0.3, -0.25) is 0 Å². The van der Waals surface area contributed by atoms with Crippen molar-refractivity contribution in [2.45, 2.75) is 58.8 Å².